The van der Waals surface area contributed by atoms with Crippen LogP contribution in [0.25, 0.3) is 5.69 Å². The number of halogens is 1. The normalized spacial score (nSPS) is 12.2. The molecule has 24 heavy (non-hydrogen) atoms. The lowest BCUT2D eigenvalue weighted by Gasteiger charge is -2.18. The molecule has 1 atom stereocenters. The number of aromatic nitrogens is 2. The van der Waals surface area contributed by atoms with Gasteiger partial charge >= 0.3 is 0 Å². The van der Waals surface area contributed by atoms with E-state index >= 15 is 0 Å². The van der Waals surface area contributed by atoms with Gasteiger partial charge in [-0.2, -0.15) is 5.10 Å². The van der Waals surface area contributed by atoms with Crippen molar-refractivity contribution in [3.63, 3.8) is 0 Å². The minimum atomic E-state index is -0.406. The molecule has 0 aliphatic carbocycles. The zero-order valence-corrected chi connectivity index (χ0v) is 15.3. The number of carbonyl (C=O) groups is 1. The minimum absolute atomic E-state index is 0.0255. The van der Waals surface area contributed by atoms with Gasteiger partial charge in [-0.3, -0.25) is 4.79 Å². The van der Waals surface area contributed by atoms with Crippen molar-refractivity contribution in [3.8, 4) is 5.69 Å². The van der Waals surface area contributed by atoms with Crippen LogP contribution in [0.5, 0.6) is 0 Å². The van der Waals surface area contributed by atoms with Crippen LogP contribution in [0.4, 0.5) is 0 Å². The Morgan fingerprint density at radius 3 is 2.54 bits per heavy atom. The van der Waals surface area contributed by atoms with Crippen LogP contribution in [0.2, 0.25) is 5.02 Å². The SMILES string of the molecule is Cc1nn(-c2ccc(Cl)cc2)c(C)c1CC(=O)N(C)CCC(C)O. The zero-order chi connectivity index (χ0) is 17.9. The molecule has 0 bridgehead atoms. The Morgan fingerprint density at radius 2 is 1.96 bits per heavy atom. The molecule has 0 radical (unpaired) electrons. The van der Waals surface area contributed by atoms with Gasteiger partial charge in [0.25, 0.3) is 0 Å². The number of hydrogen-bond acceptors (Lipinski definition) is 3. The first-order valence-electron chi connectivity index (χ1n) is 8.02. The Morgan fingerprint density at radius 1 is 1.33 bits per heavy atom. The number of aliphatic hydroxyl groups is 1. The van der Waals surface area contributed by atoms with Gasteiger partial charge in [-0.15, -0.1) is 0 Å². The van der Waals surface area contributed by atoms with Gasteiger partial charge in [-0.1, -0.05) is 11.6 Å². The fourth-order valence-electron chi connectivity index (χ4n) is 2.56. The van der Waals surface area contributed by atoms with E-state index in [1.807, 2.05) is 42.8 Å². The van der Waals surface area contributed by atoms with Crippen LogP contribution in [0.15, 0.2) is 24.3 Å². The lowest BCUT2D eigenvalue weighted by Crippen LogP contribution is -2.31. The number of likely N-dealkylation sites (N-methyl/N-ethyl adjacent to an activating group) is 1. The highest BCUT2D eigenvalue weighted by Gasteiger charge is 2.18. The van der Waals surface area contributed by atoms with Crippen molar-refractivity contribution in [2.24, 2.45) is 0 Å². The van der Waals surface area contributed by atoms with Gasteiger partial charge in [0.15, 0.2) is 0 Å². The molecule has 1 N–H and O–H groups in total. The third-order valence-electron chi connectivity index (χ3n) is 4.15. The highest BCUT2D eigenvalue weighted by Crippen LogP contribution is 2.20. The summed E-state index contributed by atoms with van der Waals surface area (Å²) in [5, 5.41) is 14.6. The van der Waals surface area contributed by atoms with Crippen LogP contribution in [0, 0.1) is 13.8 Å². The van der Waals surface area contributed by atoms with E-state index in [2.05, 4.69) is 5.10 Å². The maximum atomic E-state index is 12.4. The summed E-state index contributed by atoms with van der Waals surface area (Å²) in [5.74, 6) is 0.0255. The average Bonchev–Trinajstić information content (AvgIpc) is 2.81. The number of aliphatic hydroxyl groups excluding tert-OH is 1. The number of nitrogens with zero attached hydrogens (tertiary/aromatic N) is 3. The minimum Gasteiger partial charge on any atom is -0.393 e. The molecule has 0 saturated heterocycles. The second-order valence-electron chi connectivity index (χ2n) is 6.17. The summed E-state index contributed by atoms with van der Waals surface area (Å²) in [6.45, 7) is 6.15. The van der Waals surface area contributed by atoms with Crippen LogP contribution in [-0.4, -0.2) is 45.4 Å². The summed E-state index contributed by atoms with van der Waals surface area (Å²) in [6, 6.07) is 7.45. The Bertz CT molecular complexity index is 708. The topological polar surface area (TPSA) is 58.4 Å². The number of carbonyl (C=O) groups excluding carboxylic acids is 1. The first kappa shape index (κ1) is 18.5. The van der Waals surface area contributed by atoms with E-state index in [0.29, 0.717) is 24.4 Å². The highest BCUT2D eigenvalue weighted by atomic mass is 35.5. The fraction of sp³-hybridized carbons (Fsp3) is 0.444. The van der Waals surface area contributed by atoms with Gasteiger partial charge in [-0.25, -0.2) is 4.68 Å². The number of aryl methyl sites for hydroxylation is 1. The predicted octanol–water partition coefficient (Wildman–Crippen LogP) is 2.91. The Hall–Kier alpha value is -1.85. The molecule has 1 aromatic carbocycles. The van der Waals surface area contributed by atoms with Crippen molar-refractivity contribution in [1.82, 2.24) is 14.7 Å². The van der Waals surface area contributed by atoms with E-state index in [-0.39, 0.29) is 5.91 Å². The molecule has 0 aliphatic rings. The summed E-state index contributed by atoms with van der Waals surface area (Å²) >= 11 is 5.93. The molecule has 2 aromatic rings. The van der Waals surface area contributed by atoms with E-state index in [1.165, 1.54) is 0 Å². The first-order valence-corrected chi connectivity index (χ1v) is 8.40. The number of amides is 1. The molecule has 0 aliphatic heterocycles. The van der Waals surface area contributed by atoms with Gasteiger partial charge in [0.05, 0.1) is 23.9 Å². The number of hydrogen-bond donors (Lipinski definition) is 1. The van der Waals surface area contributed by atoms with Crippen molar-refractivity contribution in [2.75, 3.05) is 13.6 Å². The van der Waals surface area contributed by atoms with Crippen LogP contribution in [0.1, 0.15) is 30.3 Å². The summed E-state index contributed by atoms with van der Waals surface area (Å²) in [7, 11) is 1.76. The maximum Gasteiger partial charge on any atom is 0.226 e. The van der Waals surface area contributed by atoms with Crippen LogP contribution >= 0.6 is 11.6 Å². The van der Waals surface area contributed by atoms with Crippen LogP contribution < -0.4 is 0 Å². The summed E-state index contributed by atoms with van der Waals surface area (Å²) in [5.41, 5.74) is 3.66. The smallest absolute Gasteiger partial charge is 0.226 e. The van der Waals surface area contributed by atoms with Crippen molar-refractivity contribution < 1.29 is 9.90 Å². The van der Waals surface area contributed by atoms with Crippen molar-refractivity contribution in [1.29, 1.82) is 0 Å². The van der Waals surface area contributed by atoms with Gasteiger partial charge in [-0.05, 0) is 51.5 Å². The lowest BCUT2D eigenvalue weighted by atomic mass is 10.1. The van der Waals surface area contributed by atoms with E-state index in [0.717, 1.165) is 22.6 Å². The molecule has 1 heterocycles. The van der Waals surface area contributed by atoms with E-state index in [1.54, 1.807) is 18.9 Å². The third-order valence-corrected chi connectivity index (χ3v) is 4.40. The second kappa shape index (κ2) is 7.81. The van der Waals surface area contributed by atoms with E-state index in [9.17, 15) is 9.90 Å². The highest BCUT2D eigenvalue weighted by molar-refractivity contribution is 6.30. The molecular weight excluding hydrogens is 326 g/mol. The monoisotopic (exact) mass is 349 g/mol. The van der Waals surface area contributed by atoms with Gasteiger partial charge in [0, 0.05) is 29.9 Å². The summed E-state index contributed by atoms with van der Waals surface area (Å²) in [4.78, 5) is 14.1. The summed E-state index contributed by atoms with van der Waals surface area (Å²) in [6.07, 6.45) is 0.475. The van der Waals surface area contributed by atoms with Crippen LogP contribution in [-0.2, 0) is 11.2 Å². The van der Waals surface area contributed by atoms with E-state index in [4.69, 9.17) is 11.6 Å². The number of rotatable bonds is 6. The standard InChI is InChI=1S/C18H24ClN3O2/c1-12(23)9-10-21(4)18(24)11-17-13(2)20-22(14(17)3)16-7-5-15(19)6-8-16/h5-8,12,23H,9-11H2,1-4H3. The molecular formula is C18H24ClN3O2. The summed E-state index contributed by atoms with van der Waals surface area (Å²) < 4.78 is 1.84. The Balaban J connectivity index is 2.17. The van der Waals surface area contributed by atoms with E-state index < -0.39 is 6.10 Å². The van der Waals surface area contributed by atoms with Crippen molar-refractivity contribution >= 4 is 17.5 Å². The molecule has 1 aromatic heterocycles. The molecule has 1 amide bonds. The second-order valence-corrected chi connectivity index (χ2v) is 6.60. The Labute approximate surface area is 147 Å². The predicted molar refractivity (Wildman–Crippen MR) is 95.7 cm³/mol. The molecule has 0 spiro atoms. The molecule has 5 nitrogen and oxygen atoms in total. The molecule has 1 unspecified atom stereocenters. The van der Waals surface area contributed by atoms with Gasteiger partial charge in [0.1, 0.15) is 0 Å². The van der Waals surface area contributed by atoms with Crippen molar-refractivity contribution in [2.45, 2.75) is 39.7 Å². The van der Waals surface area contributed by atoms with Crippen molar-refractivity contribution in [3.05, 3.63) is 46.2 Å². The molecule has 0 saturated carbocycles. The molecule has 0 fully saturated rings. The quantitative estimate of drug-likeness (QED) is 0.872. The maximum absolute atomic E-state index is 12.4. The van der Waals surface area contributed by atoms with Crippen LogP contribution in [0.3, 0.4) is 0 Å². The van der Waals surface area contributed by atoms with Gasteiger partial charge in [0.2, 0.25) is 5.91 Å². The first-order chi connectivity index (χ1) is 11.3. The zero-order valence-electron chi connectivity index (χ0n) is 14.6. The Kier molecular flexibility index (Phi) is 6.02. The third kappa shape index (κ3) is 4.36. The lowest BCUT2D eigenvalue weighted by molar-refractivity contribution is -0.129. The average molecular weight is 350 g/mol. The molecule has 130 valence electrons. The molecule has 2 rings (SSSR count). The number of benzene rings is 1. The fourth-order valence-corrected chi connectivity index (χ4v) is 2.68. The largest absolute Gasteiger partial charge is 0.393 e. The van der Waals surface area contributed by atoms with Gasteiger partial charge < -0.3 is 10.0 Å². The molecule has 6 heteroatoms.